The van der Waals surface area contributed by atoms with E-state index in [1.807, 2.05) is 4.90 Å². The fourth-order valence-corrected chi connectivity index (χ4v) is 2.83. The minimum Gasteiger partial charge on any atom is -0.343 e. The van der Waals surface area contributed by atoms with Crippen LogP contribution >= 0.6 is 11.6 Å². The first-order valence-corrected chi connectivity index (χ1v) is 7.56. The Balaban J connectivity index is 1.80. The van der Waals surface area contributed by atoms with E-state index < -0.39 is 0 Å². The minimum atomic E-state index is 0.219. The summed E-state index contributed by atoms with van der Waals surface area (Å²) in [5.41, 5.74) is 0. The highest BCUT2D eigenvalue weighted by Gasteiger charge is 2.21. The highest BCUT2D eigenvalue weighted by Crippen LogP contribution is 2.15. The average Bonchev–Trinajstić information content (AvgIpc) is 2.68. The zero-order chi connectivity index (χ0) is 14.5. The van der Waals surface area contributed by atoms with Gasteiger partial charge in [0.2, 0.25) is 5.91 Å². The molecule has 0 radical (unpaired) electrons. The number of rotatable bonds is 4. The van der Waals surface area contributed by atoms with Crippen LogP contribution in [0.1, 0.15) is 25.7 Å². The number of hydrogen-bond acceptors (Lipinski definition) is 3. The molecule has 1 saturated heterocycles. The van der Waals surface area contributed by atoms with Gasteiger partial charge in [-0.05, 0) is 33.4 Å². The molecule has 2 heterocycles. The SMILES string of the molecule is CN(C)C1CCCN(C(=O)CCn2cc(Cl)cn2)CC1. The smallest absolute Gasteiger partial charge is 0.224 e. The number of hydrogen-bond donors (Lipinski definition) is 0. The molecule has 1 aromatic rings. The number of aromatic nitrogens is 2. The summed E-state index contributed by atoms with van der Waals surface area (Å²) in [7, 11) is 4.23. The number of carbonyl (C=O) groups excluding carboxylic acids is 1. The largest absolute Gasteiger partial charge is 0.343 e. The van der Waals surface area contributed by atoms with Crippen molar-refractivity contribution in [1.82, 2.24) is 19.6 Å². The van der Waals surface area contributed by atoms with Crippen LogP contribution in [0.2, 0.25) is 5.02 Å². The van der Waals surface area contributed by atoms with Crippen LogP contribution in [0.5, 0.6) is 0 Å². The van der Waals surface area contributed by atoms with E-state index in [-0.39, 0.29) is 5.91 Å². The second-order valence-electron chi connectivity index (χ2n) is 5.60. The van der Waals surface area contributed by atoms with E-state index in [9.17, 15) is 4.79 Å². The molecule has 5 nitrogen and oxygen atoms in total. The van der Waals surface area contributed by atoms with Gasteiger partial charge in [-0.15, -0.1) is 0 Å². The third kappa shape index (κ3) is 4.21. The Morgan fingerprint density at radius 1 is 1.45 bits per heavy atom. The van der Waals surface area contributed by atoms with Crippen molar-refractivity contribution in [3.05, 3.63) is 17.4 Å². The Morgan fingerprint density at radius 3 is 2.90 bits per heavy atom. The lowest BCUT2D eigenvalue weighted by atomic mass is 10.1. The van der Waals surface area contributed by atoms with Crippen molar-refractivity contribution in [3.8, 4) is 0 Å². The molecule has 0 bridgehead atoms. The van der Waals surface area contributed by atoms with E-state index in [2.05, 4.69) is 24.1 Å². The second kappa shape index (κ2) is 7.09. The molecule has 1 fully saturated rings. The summed E-state index contributed by atoms with van der Waals surface area (Å²) in [6.07, 6.45) is 7.16. The monoisotopic (exact) mass is 298 g/mol. The number of amides is 1. The summed E-state index contributed by atoms with van der Waals surface area (Å²) < 4.78 is 1.72. The number of halogens is 1. The minimum absolute atomic E-state index is 0.219. The van der Waals surface area contributed by atoms with Crippen LogP contribution in [-0.2, 0) is 11.3 Å². The molecular formula is C14H23ClN4O. The highest BCUT2D eigenvalue weighted by atomic mass is 35.5. The van der Waals surface area contributed by atoms with Crippen molar-refractivity contribution in [3.63, 3.8) is 0 Å². The van der Waals surface area contributed by atoms with E-state index in [0.29, 0.717) is 24.0 Å². The van der Waals surface area contributed by atoms with Crippen LogP contribution in [0.3, 0.4) is 0 Å². The fraction of sp³-hybridized carbons (Fsp3) is 0.714. The molecule has 1 aromatic heterocycles. The Kier molecular flexibility index (Phi) is 5.43. The van der Waals surface area contributed by atoms with Gasteiger partial charge in [-0.1, -0.05) is 11.6 Å². The predicted octanol–water partition coefficient (Wildman–Crippen LogP) is 1.87. The van der Waals surface area contributed by atoms with Crippen LogP contribution in [-0.4, -0.2) is 58.7 Å². The van der Waals surface area contributed by atoms with Crippen molar-refractivity contribution in [2.24, 2.45) is 0 Å². The Bertz CT molecular complexity index is 446. The maximum absolute atomic E-state index is 12.2. The van der Waals surface area contributed by atoms with Gasteiger partial charge in [-0.2, -0.15) is 5.10 Å². The fourth-order valence-electron chi connectivity index (χ4n) is 2.67. The summed E-state index contributed by atoms with van der Waals surface area (Å²) in [6.45, 7) is 2.34. The molecule has 20 heavy (non-hydrogen) atoms. The van der Waals surface area contributed by atoms with Crippen molar-refractivity contribution >= 4 is 17.5 Å². The molecule has 112 valence electrons. The molecule has 0 aliphatic carbocycles. The maximum atomic E-state index is 12.2. The Morgan fingerprint density at radius 2 is 2.25 bits per heavy atom. The molecule has 0 saturated carbocycles. The summed E-state index contributed by atoms with van der Waals surface area (Å²) >= 11 is 5.81. The van der Waals surface area contributed by atoms with Gasteiger partial charge in [-0.3, -0.25) is 9.48 Å². The molecule has 1 amide bonds. The molecule has 0 spiro atoms. The lowest BCUT2D eigenvalue weighted by Crippen LogP contribution is -2.34. The summed E-state index contributed by atoms with van der Waals surface area (Å²) in [6, 6.07) is 0.595. The normalized spacial score (nSPS) is 20.2. The van der Waals surface area contributed by atoms with E-state index in [0.717, 1.165) is 25.9 Å². The van der Waals surface area contributed by atoms with E-state index in [4.69, 9.17) is 11.6 Å². The highest BCUT2D eigenvalue weighted by molar-refractivity contribution is 6.30. The maximum Gasteiger partial charge on any atom is 0.224 e. The van der Waals surface area contributed by atoms with Crippen molar-refractivity contribution in [2.45, 2.75) is 38.3 Å². The topological polar surface area (TPSA) is 41.4 Å². The molecule has 1 aliphatic heterocycles. The first-order valence-electron chi connectivity index (χ1n) is 7.18. The van der Waals surface area contributed by atoms with Crippen molar-refractivity contribution in [2.75, 3.05) is 27.2 Å². The summed E-state index contributed by atoms with van der Waals surface area (Å²) in [5, 5.41) is 4.71. The molecular weight excluding hydrogens is 276 g/mol. The second-order valence-corrected chi connectivity index (χ2v) is 6.04. The van der Waals surface area contributed by atoms with Gasteiger partial charge in [0.25, 0.3) is 0 Å². The molecule has 0 N–H and O–H groups in total. The first-order chi connectivity index (χ1) is 9.56. The number of carbonyl (C=O) groups is 1. The van der Waals surface area contributed by atoms with Crippen LogP contribution < -0.4 is 0 Å². The first kappa shape index (κ1) is 15.3. The summed E-state index contributed by atoms with van der Waals surface area (Å²) in [5.74, 6) is 0.219. The Hall–Kier alpha value is -1.07. The van der Waals surface area contributed by atoms with E-state index in [1.165, 1.54) is 6.42 Å². The third-order valence-corrected chi connectivity index (χ3v) is 4.13. The quantitative estimate of drug-likeness (QED) is 0.852. The van der Waals surface area contributed by atoms with Gasteiger partial charge in [0.15, 0.2) is 0 Å². The van der Waals surface area contributed by atoms with Gasteiger partial charge < -0.3 is 9.80 Å². The number of aryl methyl sites for hydroxylation is 1. The number of nitrogens with zero attached hydrogens (tertiary/aromatic N) is 4. The molecule has 1 atom stereocenters. The van der Waals surface area contributed by atoms with Gasteiger partial charge in [0.1, 0.15) is 0 Å². The molecule has 1 unspecified atom stereocenters. The van der Waals surface area contributed by atoms with E-state index >= 15 is 0 Å². The molecule has 2 rings (SSSR count). The van der Waals surface area contributed by atoms with E-state index in [1.54, 1.807) is 17.1 Å². The van der Waals surface area contributed by atoms with Crippen LogP contribution in [0.25, 0.3) is 0 Å². The van der Waals surface area contributed by atoms with Crippen molar-refractivity contribution < 1.29 is 4.79 Å². The zero-order valence-electron chi connectivity index (χ0n) is 12.3. The predicted molar refractivity (Wildman–Crippen MR) is 79.8 cm³/mol. The van der Waals surface area contributed by atoms with Crippen molar-refractivity contribution in [1.29, 1.82) is 0 Å². The van der Waals surface area contributed by atoms with Crippen LogP contribution in [0, 0.1) is 0 Å². The number of likely N-dealkylation sites (tertiary alicyclic amines) is 1. The van der Waals surface area contributed by atoms with Crippen LogP contribution in [0.15, 0.2) is 12.4 Å². The lowest BCUT2D eigenvalue weighted by Gasteiger charge is -2.23. The average molecular weight is 299 g/mol. The molecule has 6 heteroatoms. The third-order valence-electron chi connectivity index (χ3n) is 3.94. The lowest BCUT2D eigenvalue weighted by molar-refractivity contribution is -0.131. The van der Waals surface area contributed by atoms with Crippen LogP contribution in [0.4, 0.5) is 0 Å². The van der Waals surface area contributed by atoms with Gasteiger partial charge in [0, 0.05) is 38.3 Å². The zero-order valence-corrected chi connectivity index (χ0v) is 13.0. The molecule has 1 aliphatic rings. The van der Waals surface area contributed by atoms with Gasteiger partial charge >= 0.3 is 0 Å². The van der Waals surface area contributed by atoms with Gasteiger partial charge in [0.05, 0.1) is 11.2 Å². The van der Waals surface area contributed by atoms with Gasteiger partial charge in [-0.25, -0.2) is 0 Å². The summed E-state index contributed by atoms with van der Waals surface area (Å²) in [4.78, 5) is 16.5. The standard InChI is InChI=1S/C14H23ClN4O/c1-17(2)13-4-3-7-18(8-5-13)14(20)6-9-19-11-12(15)10-16-19/h10-11,13H,3-9H2,1-2H3. The molecule has 0 aromatic carbocycles. The Labute approximate surface area is 125 Å².